The van der Waals surface area contributed by atoms with Gasteiger partial charge in [-0.3, -0.25) is 9.59 Å². The number of hydrogen-bond donors (Lipinski definition) is 1. The molecule has 1 aliphatic rings. The van der Waals surface area contributed by atoms with Gasteiger partial charge in [0, 0.05) is 19.5 Å². The lowest BCUT2D eigenvalue weighted by Crippen LogP contribution is -2.38. The summed E-state index contributed by atoms with van der Waals surface area (Å²) < 4.78 is 24.4. The molecule has 0 radical (unpaired) electrons. The van der Waals surface area contributed by atoms with E-state index in [1.807, 2.05) is 0 Å². The van der Waals surface area contributed by atoms with Gasteiger partial charge in [-0.2, -0.15) is 0 Å². The Morgan fingerprint density at radius 3 is 2.64 bits per heavy atom. The van der Waals surface area contributed by atoms with Crippen LogP contribution < -0.4 is 14.8 Å². The number of hydrogen-bond acceptors (Lipinski definition) is 4. The van der Waals surface area contributed by atoms with Gasteiger partial charge in [0.25, 0.3) is 0 Å². The molecule has 144 valence electrons. The average molecular weight is 383 g/mol. The third-order valence-electron chi connectivity index (χ3n) is 4.50. The molecule has 0 aliphatic carbocycles. The van der Waals surface area contributed by atoms with Gasteiger partial charge in [-0.05, 0) is 36.8 Å². The van der Waals surface area contributed by atoms with Crippen molar-refractivity contribution in [3.05, 3.63) is 53.6 Å². The van der Waals surface area contributed by atoms with Crippen LogP contribution in [-0.2, 0) is 9.59 Å². The highest BCUT2D eigenvalue weighted by atomic mass is 19.1. The molecule has 28 heavy (non-hydrogen) atoms. The monoisotopic (exact) mass is 383 g/mol. The third-order valence-corrected chi connectivity index (χ3v) is 4.50. The molecule has 1 fully saturated rings. The molecule has 0 saturated carbocycles. The Balaban J connectivity index is 1.81. The summed E-state index contributed by atoms with van der Waals surface area (Å²) in [5, 5.41) is 2.77. The maximum atomic E-state index is 13.5. The van der Waals surface area contributed by atoms with Crippen molar-refractivity contribution in [1.82, 2.24) is 4.90 Å². The fraction of sp³-hybridized carbons (Fsp3) is 0.250. The van der Waals surface area contributed by atoms with E-state index in [2.05, 4.69) is 10.2 Å². The molecule has 0 spiro atoms. The molecule has 2 amide bonds. The fourth-order valence-corrected chi connectivity index (χ4v) is 2.95. The highest BCUT2D eigenvalue weighted by molar-refractivity contribution is 5.99. The summed E-state index contributed by atoms with van der Waals surface area (Å²) >= 11 is 0. The van der Waals surface area contributed by atoms with Crippen LogP contribution in [0.3, 0.4) is 0 Å². The highest BCUT2D eigenvalue weighted by Gasteiger charge is 2.33. The number of benzene rings is 2. The minimum atomic E-state index is -0.625. The SMILES string of the molecule is [C-]#[N+]c1cc(Oc2ccc(OC)c(NC(=O)C3CCC(=O)N3C)c2)ccc1F. The molecule has 1 saturated heterocycles. The van der Waals surface area contributed by atoms with Crippen molar-refractivity contribution in [2.24, 2.45) is 0 Å². The Kier molecular flexibility index (Phi) is 5.45. The first-order valence-corrected chi connectivity index (χ1v) is 8.52. The van der Waals surface area contributed by atoms with Gasteiger partial charge in [-0.15, -0.1) is 0 Å². The Morgan fingerprint density at radius 1 is 1.29 bits per heavy atom. The lowest BCUT2D eigenvalue weighted by Gasteiger charge is -2.20. The first kappa shape index (κ1) is 19.2. The standard InChI is InChI=1S/C20H18FN3O4/c1-22-15-10-12(4-6-14(15)21)28-13-5-8-18(27-3)16(11-13)23-20(26)17-7-9-19(25)24(17)2/h4-6,8,10-11,17H,7,9H2,2-3H3,(H,23,26). The smallest absolute Gasteiger partial charge is 0.247 e. The first-order valence-electron chi connectivity index (χ1n) is 8.52. The Hall–Kier alpha value is -3.60. The minimum Gasteiger partial charge on any atom is -0.495 e. The maximum Gasteiger partial charge on any atom is 0.247 e. The van der Waals surface area contributed by atoms with Crippen LogP contribution in [0.15, 0.2) is 36.4 Å². The lowest BCUT2D eigenvalue weighted by molar-refractivity contribution is -0.131. The van der Waals surface area contributed by atoms with E-state index >= 15 is 0 Å². The molecule has 8 heteroatoms. The van der Waals surface area contributed by atoms with Crippen LogP contribution in [0.25, 0.3) is 4.85 Å². The van der Waals surface area contributed by atoms with Crippen molar-refractivity contribution >= 4 is 23.2 Å². The summed E-state index contributed by atoms with van der Waals surface area (Å²) in [6.07, 6.45) is 0.789. The van der Waals surface area contributed by atoms with Crippen LogP contribution in [-0.4, -0.2) is 36.9 Å². The minimum absolute atomic E-state index is 0.0730. The Labute approximate surface area is 161 Å². The topological polar surface area (TPSA) is 72.2 Å². The second kappa shape index (κ2) is 7.96. The van der Waals surface area contributed by atoms with Gasteiger partial charge in [-0.1, -0.05) is 0 Å². The van der Waals surface area contributed by atoms with E-state index in [1.165, 1.54) is 24.1 Å². The molecule has 1 atom stereocenters. The first-order chi connectivity index (χ1) is 13.4. The molecule has 2 aromatic carbocycles. The fourth-order valence-electron chi connectivity index (χ4n) is 2.95. The molecule has 3 rings (SSSR count). The van der Waals surface area contributed by atoms with Gasteiger partial charge in [0.1, 0.15) is 29.1 Å². The summed E-state index contributed by atoms with van der Waals surface area (Å²) in [5.74, 6) is 0.0661. The van der Waals surface area contributed by atoms with Crippen molar-refractivity contribution in [3.8, 4) is 17.2 Å². The van der Waals surface area contributed by atoms with Crippen LogP contribution in [0, 0.1) is 12.4 Å². The van der Waals surface area contributed by atoms with Gasteiger partial charge in [0.05, 0.1) is 19.4 Å². The number of likely N-dealkylation sites (tertiary alicyclic amines) is 1. The van der Waals surface area contributed by atoms with E-state index in [0.717, 1.165) is 6.07 Å². The molecule has 1 unspecified atom stereocenters. The summed E-state index contributed by atoms with van der Waals surface area (Å²) in [7, 11) is 3.07. The molecule has 1 N–H and O–H groups in total. The van der Waals surface area contributed by atoms with E-state index in [1.54, 1.807) is 25.2 Å². The second-order valence-electron chi connectivity index (χ2n) is 6.24. The number of anilines is 1. The second-order valence-corrected chi connectivity index (χ2v) is 6.24. The Morgan fingerprint density at radius 2 is 2.00 bits per heavy atom. The lowest BCUT2D eigenvalue weighted by atomic mass is 10.2. The van der Waals surface area contributed by atoms with Gasteiger partial charge in [0.2, 0.25) is 17.5 Å². The van der Waals surface area contributed by atoms with E-state index in [-0.39, 0.29) is 23.3 Å². The number of methoxy groups -OCH3 is 1. The molecule has 7 nitrogen and oxygen atoms in total. The number of rotatable bonds is 5. The molecule has 0 bridgehead atoms. The zero-order valence-electron chi connectivity index (χ0n) is 15.4. The van der Waals surface area contributed by atoms with E-state index in [4.69, 9.17) is 16.0 Å². The molecule has 2 aromatic rings. The van der Waals surface area contributed by atoms with Crippen LogP contribution in [0.5, 0.6) is 17.2 Å². The van der Waals surface area contributed by atoms with Crippen molar-refractivity contribution in [2.75, 3.05) is 19.5 Å². The average Bonchev–Trinajstić information content (AvgIpc) is 3.02. The number of halogens is 1. The highest BCUT2D eigenvalue weighted by Crippen LogP contribution is 2.33. The molecular formula is C20H18FN3O4. The van der Waals surface area contributed by atoms with E-state index < -0.39 is 11.9 Å². The number of amides is 2. The quantitative estimate of drug-likeness (QED) is 0.799. The summed E-state index contributed by atoms with van der Waals surface area (Å²) in [6, 6.07) is 8.13. The summed E-state index contributed by atoms with van der Waals surface area (Å²) in [6.45, 7) is 6.97. The zero-order chi connectivity index (χ0) is 20.3. The predicted octanol–water partition coefficient (Wildman–Crippen LogP) is 3.74. The summed E-state index contributed by atoms with van der Waals surface area (Å²) in [5.41, 5.74) is 0.235. The number of nitrogens with one attached hydrogen (secondary N) is 1. The zero-order valence-corrected chi connectivity index (χ0v) is 15.4. The van der Waals surface area contributed by atoms with Crippen molar-refractivity contribution in [3.63, 3.8) is 0 Å². The Bertz CT molecular complexity index is 970. The van der Waals surface area contributed by atoms with E-state index in [9.17, 15) is 14.0 Å². The maximum absolute atomic E-state index is 13.5. The largest absolute Gasteiger partial charge is 0.495 e. The number of carbonyl (C=O) groups is 2. The van der Waals surface area contributed by atoms with Crippen LogP contribution >= 0.6 is 0 Å². The van der Waals surface area contributed by atoms with E-state index in [0.29, 0.717) is 30.0 Å². The number of carbonyl (C=O) groups excluding carboxylic acids is 2. The van der Waals surface area contributed by atoms with Gasteiger partial charge in [-0.25, -0.2) is 9.24 Å². The number of likely N-dealkylation sites (N-methyl/N-ethyl adjacent to an activating group) is 1. The van der Waals surface area contributed by atoms with Gasteiger partial charge < -0.3 is 19.7 Å². The number of ether oxygens (including phenoxy) is 2. The van der Waals surface area contributed by atoms with Crippen molar-refractivity contribution in [1.29, 1.82) is 0 Å². The van der Waals surface area contributed by atoms with Crippen LogP contribution in [0.2, 0.25) is 0 Å². The van der Waals surface area contributed by atoms with Crippen LogP contribution in [0.1, 0.15) is 12.8 Å². The summed E-state index contributed by atoms with van der Waals surface area (Å²) in [4.78, 5) is 28.7. The van der Waals surface area contributed by atoms with Gasteiger partial charge >= 0.3 is 0 Å². The molecule has 1 heterocycles. The van der Waals surface area contributed by atoms with Crippen LogP contribution in [0.4, 0.5) is 15.8 Å². The predicted molar refractivity (Wildman–Crippen MR) is 100 cm³/mol. The number of nitrogens with zero attached hydrogens (tertiary/aromatic N) is 2. The normalized spacial score (nSPS) is 15.9. The van der Waals surface area contributed by atoms with Crippen molar-refractivity contribution in [2.45, 2.75) is 18.9 Å². The third kappa shape index (κ3) is 3.88. The van der Waals surface area contributed by atoms with Crippen molar-refractivity contribution < 1.29 is 23.5 Å². The molecule has 0 aromatic heterocycles. The molecular weight excluding hydrogens is 365 g/mol. The molecule has 1 aliphatic heterocycles. The van der Waals surface area contributed by atoms with Gasteiger partial charge in [0.15, 0.2) is 0 Å².